The first-order valence-electron chi connectivity index (χ1n) is 9.74. The number of methoxy groups -OCH3 is 2. The van der Waals surface area contributed by atoms with E-state index in [1.165, 1.54) is 18.8 Å². The summed E-state index contributed by atoms with van der Waals surface area (Å²) >= 11 is 6.34. The van der Waals surface area contributed by atoms with E-state index < -0.39 is 5.91 Å². The van der Waals surface area contributed by atoms with Crippen LogP contribution in [0, 0.1) is 6.92 Å². The number of carbonyl (C=O) groups excluding carboxylic acids is 1. The molecule has 1 aromatic heterocycles. The van der Waals surface area contributed by atoms with Gasteiger partial charge in [0.15, 0.2) is 0 Å². The van der Waals surface area contributed by atoms with E-state index in [1.807, 2.05) is 6.07 Å². The molecule has 0 aliphatic rings. The van der Waals surface area contributed by atoms with Crippen LogP contribution in [-0.2, 0) is 0 Å². The third-order valence-electron chi connectivity index (χ3n) is 5.01. The van der Waals surface area contributed by atoms with E-state index in [0.29, 0.717) is 50.2 Å². The summed E-state index contributed by atoms with van der Waals surface area (Å²) in [5, 5.41) is 3.63. The molecule has 0 saturated heterocycles. The van der Waals surface area contributed by atoms with Crippen LogP contribution in [0.2, 0.25) is 5.02 Å². The molecule has 0 aliphatic carbocycles. The van der Waals surface area contributed by atoms with E-state index in [0.717, 1.165) is 0 Å². The molecule has 0 atom stereocenters. The number of amides is 1. The van der Waals surface area contributed by atoms with Crippen LogP contribution in [0.25, 0.3) is 16.6 Å². The van der Waals surface area contributed by atoms with Gasteiger partial charge < -0.3 is 14.8 Å². The average molecular weight is 450 g/mol. The van der Waals surface area contributed by atoms with Crippen molar-refractivity contribution in [2.45, 2.75) is 6.92 Å². The first kappa shape index (κ1) is 21.4. The van der Waals surface area contributed by atoms with Crippen LogP contribution in [0.1, 0.15) is 16.2 Å². The minimum Gasteiger partial charge on any atom is -0.497 e. The molecule has 8 heteroatoms. The highest BCUT2D eigenvalue weighted by atomic mass is 35.5. The fourth-order valence-corrected chi connectivity index (χ4v) is 3.59. The number of carbonyl (C=O) groups is 1. The second kappa shape index (κ2) is 8.72. The van der Waals surface area contributed by atoms with Crippen molar-refractivity contribution >= 4 is 34.1 Å². The quantitative estimate of drug-likeness (QED) is 0.481. The van der Waals surface area contributed by atoms with Crippen molar-refractivity contribution in [3.8, 4) is 17.2 Å². The van der Waals surface area contributed by atoms with Gasteiger partial charge in [-0.15, -0.1) is 0 Å². The van der Waals surface area contributed by atoms with E-state index in [9.17, 15) is 9.59 Å². The molecule has 1 heterocycles. The minimum absolute atomic E-state index is 0.203. The molecular weight excluding hydrogens is 430 g/mol. The van der Waals surface area contributed by atoms with Gasteiger partial charge in [-0.2, -0.15) is 0 Å². The molecule has 0 bridgehead atoms. The summed E-state index contributed by atoms with van der Waals surface area (Å²) in [5.74, 6) is 1.09. The largest absolute Gasteiger partial charge is 0.497 e. The van der Waals surface area contributed by atoms with Gasteiger partial charge in [-0.05, 0) is 49.4 Å². The highest BCUT2D eigenvalue weighted by Gasteiger charge is 2.15. The zero-order chi connectivity index (χ0) is 22.8. The highest BCUT2D eigenvalue weighted by molar-refractivity contribution is 6.34. The lowest BCUT2D eigenvalue weighted by Crippen LogP contribution is -2.22. The van der Waals surface area contributed by atoms with Crippen LogP contribution in [0.3, 0.4) is 0 Å². The molecule has 4 aromatic rings. The Morgan fingerprint density at radius 3 is 2.38 bits per heavy atom. The van der Waals surface area contributed by atoms with E-state index in [2.05, 4.69) is 10.3 Å². The Bertz CT molecular complexity index is 1380. The number of benzene rings is 3. The fourth-order valence-electron chi connectivity index (χ4n) is 3.43. The molecule has 4 rings (SSSR count). The first-order chi connectivity index (χ1) is 15.4. The number of nitrogens with zero attached hydrogens (tertiary/aromatic N) is 2. The van der Waals surface area contributed by atoms with Gasteiger partial charge in [0.2, 0.25) is 0 Å². The van der Waals surface area contributed by atoms with Crippen molar-refractivity contribution in [2.24, 2.45) is 0 Å². The van der Waals surface area contributed by atoms with Crippen molar-refractivity contribution in [1.82, 2.24) is 9.55 Å². The SMILES string of the molecule is COc1cc(OC)cc(C(=O)Nc2cc(-n3c(C)nc4ccccc4c3=O)ccc2Cl)c1. The lowest BCUT2D eigenvalue weighted by molar-refractivity contribution is 0.102. The highest BCUT2D eigenvalue weighted by Crippen LogP contribution is 2.27. The van der Waals surface area contributed by atoms with Crippen molar-refractivity contribution in [3.05, 3.63) is 87.4 Å². The first-order valence-corrected chi connectivity index (χ1v) is 10.1. The van der Waals surface area contributed by atoms with Crippen LogP contribution < -0.4 is 20.3 Å². The number of hydrogen-bond acceptors (Lipinski definition) is 5. The minimum atomic E-state index is -0.401. The second-order valence-electron chi connectivity index (χ2n) is 7.04. The average Bonchev–Trinajstić information content (AvgIpc) is 2.80. The maximum atomic E-state index is 13.1. The zero-order valence-corrected chi connectivity index (χ0v) is 18.4. The molecule has 0 unspecified atom stereocenters. The Kier molecular flexibility index (Phi) is 5.83. The number of para-hydroxylation sites is 1. The van der Waals surface area contributed by atoms with Gasteiger partial charge in [-0.25, -0.2) is 4.98 Å². The normalized spacial score (nSPS) is 10.8. The number of anilines is 1. The van der Waals surface area contributed by atoms with Gasteiger partial charge in [0.25, 0.3) is 11.5 Å². The van der Waals surface area contributed by atoms with Crippen LogP contribution in [0.5, 0.6) is 11.5 Å². The number of nitrogens with one attached hydrogen (secondary N) is 1. The lowest BCUT2D eigenvalue weighted by atomic mass is 10.1. The lowest BCUT2D eigenvalue weighted by Gasteiger charge is -2.14. The molecule has 0 radical (unpaired) electrons. The molecule has 162 valence electrons. The summed E-state index contributed by atoms with van der Waals surface area (Å²) < 4.78 is 11.9. The maximum Gasteiger partial charge on any atom is 0.265 e. The third kappa shape index (κ3) is 4.02. The molecule has 0 aliphatic heterocycles. The number of ether oxygens (including phenoxy) is 2. The molecular formula is C24H20ClN3O4. The Morgan fingerprint density at radius 1 is 1.00 bits per heavy atom. The molecule has 1 N–H and O–H groups in total. The summed E-state index contributed by atoms with van der Waals surface area (Å²) in [6, 6.07) is 17.0. The number of aromatic nitrogens is 2. The summed E-state index contributed by atoms with van der Waals surface area (Å²) in [7, 11) is 3.02. The van der Waals surface area contributed by atoms with Gasteiger partial charge >= 0.3 is 0 Å². The van der Waals surface area contributed by atoms with Gasteiger partial charge in [0, 0.05) is 11.6 Å². The molecule has 7 nitrogen and oxygen atoms in total. The van der Waals surface area contributed by atoms with E-state index in [-0.39, 0.29) is 5.56 Å². The Hall–Kier alpha value is -3.84. The smallest absolute Gasteiger partial charge is 0.265 e. The van der Waals surface area contributed by atoms with Crippen molar-refractivity contribution in [1.29, 1.82) is 0 Å². The van der Waals surface area contributed by atoms with Gasteiger partial charge in [0.05, 0.1) is 41.5 Å². The fraction of sp³-hybridized carbons (Fsp3) is 0.125. The van der Waals surface area contributed by atoms with Crippen molar-refractivity contribution in [3.63, 3.8) is 0 Å². The number of hydrogen-bond donors (Lipinski definition) is 1. The summed E-state index contributed by atoms with van der Waals surface area (Å²) in [6.45, 7) is 1.75. The van der Waals surface area contributed by atoms with Gasteiger partial charge in [0.1, 0.15) is 17.3 Å². The monoisotopic (exact) mass is 449 g/mol. The summed E-state index contributed by atoms with van der Waals surface area (Å²) in [5.41, 5.74) is 1.65. The Balaban J connectivity index is 1.74. The van der Waals surface area contributed by atoms with Crippen molar-refractivity contribution < 1.29 is 14.3 Å². The van der Waals surface area contributed by atoms with Crippen LogP contribution in [0.15, 0.2) is 65.5 Å². The zero-order valence-electron chi connectivity index (χ0n) is 17.7. The number of fused-ring (bicyclic) bond motifs is 1. The molecule has 3 aromatic carbocycles. The predicted molar refractivity (Wildman–Crippen MR) is 125 cm³/mol. The van der Waals surface area contributed by atoms with Crippen molar-refractivity contribution in [2.75, 3.05) is 19.5 Å². The van der Waals surface area contributed by atoms with Gasteiger partial charge in [-0.1, -0.05) is 23.7 Å². The number of rotatable bonds is 5. The summed E-state index contributed by atoms with van der Waals surface area (Å²) in [4.78, 5) is 30.5. The molecule has 32 heavy (non-hydrogen) atoms. The second-order valence-corrected chi connectivity index (χ2v) is 7.44. The molecule has 1 amide bonds. The number of aryl methyl sites for hydroxylation is 1. The maximum absolute atomic E-state index is 13.1. The Morgan fingerprint density at radius 2 is 1.69 bits per heavy atom. The number of halogens is 1. The van der Waals surface area contributed by atoms with E-state index in [1.54, 1.807) is 61.5 Å². The third-order valence-corrected chi connectivity index (χ3v) is 5.34. The van der Waals surface area contributed by atoms with Crippen LogP contribution in [0.4, 0.5) is 5.69 Å². The van der Waals surface area contributed by atoms with Gasteiger partial charge in [-0.3, -0.25) is 14.2 Å². The topological polar surface area (TPSA) is 82.4 Å². The predicted octanol–water partition coefficient (Wildman–Crippen LogP) is 4.62. The standard InChI is InChI=1S/C24H20ClN3O4/c1-14-26-21-7-5-4-6-19(21)24(30)28(14)16-8-9-20(25)22(12-16)27-23(29)15-10-17(31-2)13-18(11-15)32-3/h4-13H,1-3H3,(H,27,29). The Labute approximate surface area is 189 Å². The molecule has 0 fully saturated rings. The van der Waals surface area contributed by atoms with Crippen LogP contribution in [-0.4, -0.2) is 29.7 Å². The van der Waals surface area contributed by atoms with E-state index >= 15 is 0 Å². The molecule has 0 spiro atoms. The van der Waals surface area contributed by atoms with E-state index in [4.69, 9.17) is 21.1 Å². The summed E-state index contributed by atoms with van der Waals surface area (Å²) in [6.07, 6.45) is 0. The van der Waals surface area contributed by atoms with Crippen LogP contribution >= 0.6 is 11.6 Å². The molecule has 0 saturated carbocycles.